The predicted molar refractivity (Wildman–Crippen MR) is 84.4 cm³/mol. The number of nitrogen functional groups attached to an aromatic ring is 1. The van der Waals surface area contributed by atoms with Crippen molar-refractivity contribution in [1.29, 1.82) is 0 Å². The summed E-state index contributed by atoms with van der Waals surface area (Å²) >= 11 is 0. The molecule has 0 amide bonds. The molecule has 1 aromatic rings. The molecule has 1 saturated carbocycles. The van der Waals surface area contributed by atoms with Gasteiger partial charge >= 0.3 is 17.6 Å². The van der Waals surface area contributed by atoms with E-state index in [4.69, 9.17) is 5.73 Å². The van der Waals surface area contributed by atoms with E-state index in [1.165, 1.54) is 6.92 Å². The Hall–Kier alpha value is -2.59. The first-order chi connectivity index (χ1) is 11.6. The fourth-order valence-electron chi connectivity index (χ4n) is 2.85. The highest BCUT2D eigenvalue weighted by atomic mass is 19.4. The summed E-state index contributed by atoms with van der Waals surface area (Å²) in [5, 5.41) is 25.2. The molecule has 0 unspecified atom stereocenters. The summed E-state index contributed by atoms with van der Waals surface area (Å²) in [5.41, 5.74) is -0.307. The van der Waals surface area contributed by atoms with Gasteiger partial charge in [-0.1, -0.05) is 12.8 Å². The van der Waals surface area contributed by atoms with Crippen molar-refractivity contribution < 1.29 is 23.0 Å². The minimum absolute atomic E-state index is 0.0501. The van der Waals surface area contributed by atoms with Crippen LogP contribution in [0.1, 0.15) is 37.3 Å². The van der Waals surface area contributed by atoms with Crippen LogP contribution in [0.4, 0.5) is 35.9 Å². The van der Waals surface area contributed by atoms with Crippen molar-refractivity contribution in [3.63, 3.8) is 0 Å². The van der Waals surface area contributed by atoms with Crippen molar-refractivity contribution in [2.24, 2.45) is 5.92 Å². The Balaban J connectivity index is 2.83. The maximum absolute atomic E-state index is 13.5. The largest absolute Gasteiger partial charge is 0.419 e. The molecule has 0 aliphatic heterocycles. The molecule has 0 heterocycles. The van der Waals surface area contributed by atoms with Crippen molar-refractivity contribution in [2.45, 2.75) is 38.8 Å². The second-order valence-electron chi connectivity index (χ2n) is 5.86. The molecule has 11 heteroatoms. The summed E-state index contributed by atoms with van der Waals surface area (Å²) < 4.78 is 40.5. The van der Waals surface area contributed by atoms with Crippen LogP contribution in [0.25, 0.3) is 0 Å². The lowest BCUT2D eigenvalue weighted by atomic mass is 9.94. The van der Waals surface area contributed by atoms with Crippen LogP contribution < -0.4 is 11.1 Å². The van der Waals surface area contributed by atoms with Gasteiger partial charge in [0.1, 0.15) is 5.69 Å². The average molecular weight is 362 g/mol. The van der Waals surface area contributed by atoms with E-state index in [9.17, 15) is 33.4 Å². The van der Waals surface area contributed by atoms with Crippen LogP contribution >= 0.6 is 0 Å². The summed E-state index contributed by atoms with van der Waals surface area (Å²) in [6, 6.07) is 0. The maximum atomic E-state index is 13.5. The van der Waals surface area contributed by atoms with Gasteiger partial charge in [-0.05, 0) is 25.7 Å². The van der Waals surface area contributed by atoms with Gasteiger partial charge in [0, 0.05) is 12.1 Å². The van der Waals surface area contributed by atoms with Crippen molar-refractivity contribution in [3.8, 4) is 0 Å². The van der Waals surface area contributed by atoms with Gasteiger partial charge in [-0.2, -0.15) is 13.2 Å². The zero-order chi connectivity index (χ0) is 18.9. The van der Waals surface area contributed by atoms with E-state index in [1.807, 2.05) is 0 Å². The molecule has 0 radical (unpaired) electrons. The third-order valence-corrected chi connectivity index (χ3v) is 4.09. The molecule has 0 aromatic heterocycles. The fourth-order valence-corrected chi connectivity index (χ4v) is 2.85. The van der Waals surface area contributed by atoms with Crippen LogP contribution in [0, 0.1) is 26.1 Å². The monoisotopic (exact) mass is 362 g/mol. The van der Waals surface area contributed by atoms with Crippen LogP contribution in [0.3, 0.4) is 0 Å². The van der Waals surface area contributed by atoms with E-state index in [-0.39, 0.29) is 18.9 Å². The van der Waals surface area contributed by atoms with Crippen LogP contribution in [-0.2, 0) is 12.6 Å². The fraction of sp³-hybridized carbons (Fsp3) is 0.571. The number of hydrogen-bond acceptors (Lipinski definition) is 6. The molecule has 2 rings (SSSR count). The molecule has 1 aliphatic carbocycles. The van der Waals surface area contributed by atoms with Crippen molar-refractivity contribution in [1.82, 2.24) is 0 Å². The lowest BCUT2D eigenvalue weighted by Crippen LogP contribution is -2.18. The number of benzene rings is 1. The number of rotatable bonds is 7. The second-order valence-corrected chi connectivity index (χ2v) is 5.86. The van der Waals surface area contributed by atoms with E-state index in [0.717, 1.165) is 12.8 Å². The highest BCUT2D eigenvalue weighted by molar-refractivity contribution is 5.88. The van der Waals surface area contributed by atoms with Crippen LogP contribution in [0.2, 0.25) is 0 Å². The molecule has 0 saturated heterocycles. The third kappa shape index (κ3) is 3.74. The molecule has 25 heavy (non-hydrogen) atoms. The molecule has 8 nitrogen and oxygen atoms in total. The first-order valence-electron chi connectivity index (χ1n) is 7.67. The molecule has 0 atom stereocenters. The quantitative estimate of drug-likeness (QED) is 0.431. The Kier molecular flexibility index (Phi) is 5.04. The summed E-state index contributed by atoms with van der Waals surface area (Å²) in [6.45, 7) is 1.57. The minimum atomic E-state index is -5.04. The standard InChI is InChI=1S/C14H17F3N4O4/c1-2-19-11-12(20(22)23)8(6-5-7-3-4-7)9(14(15,16)17)10(18)13(11)21(24)25/h7,19H,2-6,18H2,1H3. The number of alkyl halides is 3. The second kappa shape index (κ2) is 6.73. The van der Waals surface area contributed by atoms with Gasteiger partial charge in [0.2, 0.25) is 0 Å². The lowest BCUT2D eigenvalue weighted by Gasteiger charge is -2.18. The van der Waals surface area contributed by atoms with Gasteiger partial charge in [-0.15, -0.1) is 0 Å². The van der Waals surface area contributed by atoms with E-state index in [0.29, 0.717) is 6.42 Å². The summed E-state index contributed by atoms with van der Waals surface area (Å²) in [4.78, 5) is 20.6. The molecule has 1 aliphatic rings. The molecule has 138 valence electrons. The normalized spacial score (nSPS) is 14.4. The van der Waals surface area contributed by atoms with Crippen LogP contribution in [0.5, 0.6) is 0 Å². The van der Waals surface area contributed by atoms with E-state index >= 15 is 0 Å². The number of anilines is 2. The molecular weight excluding hydrogens is 345 g/mol. The van der Waals surface area contributed by atoms with E-state index in [2.05, 4.69) is 5.32 Å². The molecule has 0 spiro atoms. The number of hydrogen-bond donors (Lipinski definition) is 2. The number of halogens is 3. The van der Waals surface area contributed by atoms with Gasteiger partial charge in [0.15, 0.2) is 5.69 Å². The Labute approximate surface area is 140 Å². The average Bonchev–Trinajstić information content (AvgIpc) is 3.26. The molecule has 1 aromatic carbocycles. The van der Waals surface area contributed by atoms with Crippen molar-refractivity contribution in [3.05, 3.63) is 31.4 Å². The maximum Gasteiger partial charge on any atom is 0.419 e. The number of nitrogens with two attached hydrogens (primary N) is 1. The Morgan fingerprint density at radius 2 is 1.76 bits per heavy atom. The van der Waals surface area contributed by atoms with Gasteiger partial charge in [-0.25, -0.2) is 0 Å². The third-order valence-electron chi connectivity index (χ3n) is 4.09. The van der Waals surface area contributed by atoms with Crippen LogP contribution in [-0.4, -0.2) is 16.4 Å². The first-order valence-corrected chi connectivity index (χ1v) is 7.67. The zero-order valence-electron chi connectivity index (χ0n) is 13.4. The molecule has 0 bridgehead atoms. The van der Waals surface area contributed by atoms with Gasteiger partial charge in [0.05, 0.1) is 15.4 Å². The SMILES string of the molecule is CCNc1c([N+](=O)[O-])c(N)c(C(F)(F)F)c(CCC2CC2)c1[N+](=O)[O-]. The summed E-state index contributed by atoms with van der Waals surface area (Å²) in [5.74, 6) is 0.222. The molecule has 3 N–H and O–H groups in total. The Bertz CT molecular complexity index is 717. The molecular formula is C14H17F3N4O4. The zero-order valence-corrected chi connectivity index (χ0v) is 13.4. The smallest absolute Gasteiger partial charge is 0.393 e. The van der Waals surface area contributed by atoms with Crippen molar-refractivity contribution >= 4 is 22.7 Å². The van der Waals surface area contributed by atoms with E-state index < -0.39 is 49.9 Å². The van der Waals surface area contributed by atoms with Gasteiger partial charge in [0.25, 0.3) is 0 Å². The highest BCUT2D eigenvalue weighted by Gasteiger charge is 2.45. The Morgan fingerprint density at radius 1 is 1.20 bits per heavy atom. The minimum Gasteiger partial charge on any atom is -0.393 e. The Morgan fingerprint density at radius 3 is 2.16 bits per heavy atom. The number of nitro benzene ring substituents is 2. The van der Waals surface area contributed by atoms with Gasteiger partial charge < -0.3 is 11.1 Å². The predicted octanol–water partition coefficient (Wildman–Crippen LogP) is 3.88. The van der Waals surface area contributed by atoms with E-state index in [1.54, 1.807) is 0 Å². The number of nitrogens with one attached hydrogen (secondary N) is 1. The van der Waals surface area contributed by atoms with Crippen LogP contribution in [0.15, 0.2) is 0 Å². The van der Waals surface area contributed by atoms with Crippen molar-refractivity contribution in [2.75, 3.05) is 17.6 Å². The summed E-state index contributed by atoms with van der Waals surface area (Å²) in [6.07, 6.45) is -3.19. The number of nitrogens with zero attached hydrogens (tertiary/aromatic N) is 2. The highest BCUT2D eigenvalue weighted by Crippen LogP contribution is 2.51. The topological polar surface area (TPSA) is 124 Å². The lowest BCUT2D eigenvalue weighted by molar-refractivity contribution is -0.392. The molecule has 1 fully saturated rings. The van der Waals surface area contributed by atoms with Gasteiger partial charge in [-0.3, -0.25) is 20.2 Å². The first kappa shape index (κ1) is 18.7. The summed E-state index contributed by atoms with van der Waals surface area (Å²) in [7, 11) is 0. The number of nitro groups is 2.